The van der Waals surface area contributed by atoms with Crippen LogP contribution in [0.15, 0.2) is 53.9 Å². The highest BCUT2D eigenvalue weighted by molar-refractivity contribution is 7.14. The van der Waals surface area contributed by atoms with Gasteiger partial charge in [0, 0.05) is 16.2 Å². The van der Waals surface area contributed by atoms with Crippen LogP contribution >= 0.6 is 22.9 Å². The molecule has 2 aromatic rings. The molecule has 1 N–H and O–H groups in total. The zero-order valence-corrected chi connectivity index (χ0v) is 11.4. The molecule has 19 heavy (non-hydrogen) atoms. The first-order chi connectivity index (χ1) is 9.24. The summed E-state index contributed by atoms with van der Waals surface area (Å²) in [4.78, 5) is 4.16. The molecule has 0 spiro atoms. The number of phenolic OH excluding ortho intramolecular Hbond substituents is 1. The van der Waals surface area contributed by atoms with Crippen LogP contribution in [-0.4, -0.2) is 10.1 Å². The summed E-state index contributed by atoms with van der Waals surface area (Å²) in [5.74, 6) is 0.442. The Hall–Kier alpha value is -1.84. The molecule has 0 radical (unpaired) electrons. The fourth-order valence-corrected chi connectivity index (χ4v) is 2.54. The van der Waals surface area contributed by atoms with Crippen molar-refractivity contribution in [2.45, 2.75) is 0 Å². The number of aromatic nitrogens is 1. The van der Waals surface area contributed by atoms with Crippen LogP contribution in [0.3, 0.4) is 0 Å². The minimum atomic E-state index is 0.442. The number of nitrogens with zero attached hydrogens (tertiary/aromatic N) is 1. The van der Waals surface area contributed by atoms with E-state index in [0.29, 0.717) is 10.2 Å². The number of halogens is 1. The van der Waals surface area contributed by atoms with Crippen molar-refractivity contribution in [2.75, 3.05) is 0 Å². The highest BCUT2D eigenvalue weighted by Crippen LogP contribution is 2.24. The van der Waals surface area contributed by atoms with E-state index >= 15 is 0 Å². The van der Waals surface area contributed by atoms with E-state index in [-0.39, 0.29) is 0 Å². The normalized spacial score (nSPS) is 10.6. The van der Waals surface area contributed by atoms with Crippen LogP contribution in [0.2, 0.25) is 4.47 Å². The van der Waals surface area contributed by atoms with Gasteiger partial charge in [0.05, 0.1) is 5.69 Å². The molecule has 1 heterocycles. The molecule has 4 rings (SSSR count). The molecule has 0 atom stereocenters. The summed E-state index contributed by atoms with van der Waals surface area (Å²) in [7, 11) is 0. The van der Waals surface area contributed by atoms with Crippen LogP contribution in [0.1, 0.15) is 0 Å². The Kier molecular flexibility index (Phi) is 3.23. The second kappa shape index (κ2) is 5.03. The molecule has 1 aromatic carbocycles. The molecule has 0 fully saturated rings. The van der Waals surface area contributed by atoms with Gasteiger partial charge in [0.2, 0.25) is 0 Å². The molecule has 0 bridgehead atoms. The first kappa shape index (κ1) is 12.2. The topological polar surface area (TPSA) is 33.1 Å². The predicted octanol–water partition coefficient (Wildman–Crippen LogP) is 4.46. The fourth-order valence-electron chi connectivity index (χ4n) is 1.76. The molecule has 0 unspecified atom stereocenters. The maximum atomic E-state index is 8.69. The number of hydrogen-bond acceptors (Lipinski definition) is 3. The van der Waals surface area contributed by atoms with Gasteiger partial charge in [0.1, 0.15) is 5.75 Å². The highest BCUT2D eigenvalue weighted by Gasteiger charge is 2.01. The van der Waals surface area contributed by atoms with E-state index in [9.17, 15) is 0 Å². The molecule has 2 nitrogen and oxygen atoms in total. The standard InChI is InChI=1S/C9H6ClNS.C6H4O/c10-9-11-8(6-12-9)7-4-2-1-3-5-7;7-6-3-4-1-2-5(4)6/h1-6H;1-3,7H. The highest BCUT2D eigenvalue weighted by atomic mass is 35.5. The Morgan fingerprint density at radius 1 is 1.05 bits per heavy atom. The van der Waals surface area contributed by atoms with Crippen molar-refractivity contribution in [3.8, 4) is 17.0 Å². The lowest BCUT2D eigenvalue weighted by molar-refractivity contribution is 0.465. The largest absolute Gasteiger partial charge is 0.507 e. The molecule has 1 aromatic heterocycles. The van der Waals surface area contributed by atoms with Gasteiger partial charge in [-0.3, -0.25) is 0 Å². The molecule has 0 saturated heterocycles. The number of aromatic hydroxyl groups is 1. The quantitative estimate of drug-likeness (QED) is 0.561. The van der Waals surface area contributed by atoms with Crippen molar-refractivity contribution in [3.05, 3.63) is 68.8 Å². The van der Waals surface area contributed by atoms with Crippen LogP contribution in [0.5, 0.6) is 5.75 Å². The smallest absolute Gasteiger partial charge is 0.184 e. The Balaban J connectivity index is 0.000000132. The molecular formula is C15H10ClNOS. The second-order valence-corrected chi connectivity index (χ2v) is 5.52. The van der Waals surface area contributed by atoms with Gasteiger partial charge in [-0.15, -0.1) is 11.3 Å². The molecule has 0 amide bonds. The monoisotopic (exact) mass is 287 g/mol. The van der Waals surface area contributed by atoms with E-state index in [1.165, 1.54) is 16.6 Å². The Morgan fingerprint density at radius 3 is 2.21 bits per heavy atom. The van der Waals surface area contributed by atoms with Crippen molar-refractivity contribution in [3.63, 3.8) is 0 Å². The predicted molar refractivity (Wildman–Crippen MR) is 78.3 cm³/mol. The third kappa shape index (κ3) is 2.48. The molecule has 2 aliphatic rings. The number of benzene rings is 2. The minimum absolute atomic E-state index is 0.442. The average Bonchev–Trinajstić information content (AvgIpc) is 2.84. The van der Waals surface area contributed by atoms with Crippen molar-refractivity contribution >= 4 is 22.9 Å². The summed E-state index contributed by atoms with van der Waals surface area (Å²) in [6, 6.07) is 15.6. The molecular weight excluding hydrogens is 278 g/mol. The summed E-state index contributed by atoms with van der Waals surface area (Å²) in [5.41, 5.74) is 2.06. The number of thiazole rings is 1. The van der Waals surface area contributed by atoms with Gasteiger partial charge in [0.25, 0.3) is 0 Å². The van der Waals surface area contributed by atoms with Crippen LogP contribution < -0.4 is 0 Å². The lowest BCUT2D eigenvalue weighted by Crippen LogP contribution is -1.83. The third-order valence-electron chi connectivity index (χ3n) is 2.85. The van der Waals surface area contributed by atoms with Crippen molar-refractivity contribution in [2.24, 2.45) is 0 Å². The van der Waals surface area contributed by atoms with Crippen molar-refractivity contribution in [1.82, 2.24) is 4.98 Å². The lowest BCUT2D eigenvalue weighted by atomic mass is 10.1. The third-order valence-corrected chi connectivity index (χ3v) is 3.83. The second-order valence-electron chi connectivity index (χ2n) is 4.08. The van der Waals surface area contributed by atoms with Gasteiger partial charge in [-0.05, 0) is 11.3 Å². The van der Waals surface area contributed by atoms with E-state index in [2.05, 4.69) is 4.98 Å². The van der Waals surface area contributed by atoms with E-state index in [0.717, 1.165) is 16.5 Å². The number of phenols is 1. The number of rotatable bonds is 1. The first-order valence-corrected chi connectivity index (χ1v) is 6.99. The lowest BCUT2D eigenvalue weighted by Gasteiger charge is -2.02. The minimum Gasteiger partial charge on any atom is -0.507 e. The maximum absolute atomic E-state index is 8.69. The van der Waals surface area contributed by atoms with Gasteiger partial charge in [-0.2, -0.15) is 0 Å². The maximum Gasteiger partial charge on any atom is 0.184 e. The van der Waals surface area contributed by atoms with E-state index in [4.69, 9.17) is 16.7 Å². The van der Waals surface area contributed by atoms with Gasteiger partial charge < -0.3 is 5.11 Å². The van der Waals surface area contributed by atoms with Gasteiger partial charge in [0.15, 0.2) is 4.47 Å². The summed E-state index contributed by atoms with van der Waals surface area (Å²) >= 11 is 7.17. The molecule has 94 valence electrons. The molecule has 4 heteroatoms. The zero-order chi connectivity index (χ0) is 13.2. The van der Waals surface area contributed by atoms with Crippen LogP contribution in [0.4, 0.5) is 0 Å². The van der Waals surface area contributed by atoms with Crippen LogP contribution in [0.25, 0.3) is 11.3 Å². The van der Waals surface area contributed by atoms with E-state index in [1.807, 2.05) is 47.8 Å². The fraction of sp³-hybridized carbons (Fsp3) is 0. The van der Waals surface area contributed by atoms with E-state index in [1.54, 1.807) is 6.07 Å². The average molecular weight is 288 g/mol. The Bertz CT molecular complexity index is 799. The van der Waals surface area contributed by atoms with Crippen molar-refractivity contribution in [1.29, 1.82) is 0 Å². The molecule has 2 aliphatic carbocycles. The van der Waals surface area contributed by atoms with Crippen LogP contribution in [-0.2, 0) is 0 Å². The summed E-state index contributed by atoms with van der Waals surface area (Å²) in [6.45, 7) is 0. The Labute approximate surface area is 119 Å². The summed E-state index contributed by atoms with van der Waals surface area (Å²) in [5, 5.41) is 12.9. The zero-order valence-electron chi connectivity index (χ0n) is 9.88. The van der Waals surface area contributed by atoms with Gasteiger partial charge >= 0.3 is 0 Å². The first-order valence-electron chi connectivity index (χ1n) is 5.74. The van der Waals surface area contributed by atoms with Gasteiger partial charge in [-0.1, -0.05) is 54.1 Å². The van der Waals surface area contributed by atoms with Crippen LogP contribution in [0, 0.1) is 10.4 Å². The van der Waals surface area contributed by atoms with E-state index < -0.39 is 0 Å². The molecule has 0 aliphatic heterocycles. The van der Waals surface area contributed by atoms with Crippen molar-refractivity contribution < 1.29 is 5.11 Å². The molecule has 0 saturated carbocycles. The Morgan fingerprint density at radius 2 is 1.84 bits per heavy atom. The summed E-state index contributed by atoms with van der Waals surface area (Å²) < 4.78 is 0.592. The van der Waals surface area contributed by atoms with Gasteiger partial charge in [-0.25, -0.2) is 4.98 Å². The SMILES string of the molecule is Clc1nc(-c2ccccc2)cs1.Oc1cc2ccc1=2. The number of hydrogen-bond donors (Lipinski definition) is 1. The summed E-state index contributed by atoms with van der Waals surface area (Å²) in [6.07, 6.45) is 0.